The number of aromatic nitrogens is 1. The van der Waals surface area contributed by atoms with E-state index in [9.17, 15) is 0 Å². The van der Waals surface area contributed by atoms with E-state index in [2.05, 4.69) is 41.1 Å². The Hall–Kier alpha value is -1.27. The van der Waals surface area contributed by atoms with Crippen molar-refractivity contribution in [3.05, 3.63) is 52.0 Å². The summed E-state index contributed by atoms with van der Waals surface area (Å²) in [6.45, 7) is 9.51. The maximum absolute atomic E-state index is 6.08. The van der Waals surface area contributed by atoms with Crippen LogP contribution in [0.1, 0.15) is 48.9 Å². The first-order valence-electron chi connectivity index (χ1n) is 9.27. The molecule has 4 nitrogen and oxygen atoms in total. The van der Waals surface area contributed by atoms with Crippen molar-refractivity contribution in [3.63, 3.8) is 0 Å². The van der Waals surface area contributed by atoms with E-state index < -0.39 is 0 Å². The molecule has 1 fully saturated rings. The average Bonchev–Trinajstić information content (AvgIpc) is 3.10. The number of piperidine rings is 1. The molecule has 1 saturated heterocycles. The lowest BCUT2D eigenvalue weighted by Crippen LogP contribution is -2.41. The van der Waals surface area contributed by atoms with Crippen molar-refractivity contribution >= 4 is 11.3 Å². The largest absolute Gasteiger partial charge is 0.373 e. The predicted octanol–water partition coefficient (Wildman–Crippen LogP) is 4.16. The Bertz CT molecular complexity index is 594. The summed E-state index contributed by atoms with van der Waals surface area (Å²) >= 11 is 1.72. The molecule has 1 atom stereocenters. The van der Waals surface area contributed by atoms with E-state index in [4.69, 9.17) is 10.5 Å². The fourth-order valence-electron chi connectivity index (χ4n) is 3.20. The first-order valence-corrected chi connectivity index (χ1v) is 10.2. The van der Waals surface area contributed by atoms with Gasteiger partial charge >= 0.3 is 0 Å². The van der Waals surface area contributed by atoms with E-state index >= 15 is 0 Å². The summed E-state index contributed by atoms with van der Waals surface area (Å²) in [6, 6.07) is 10.7. The highest BCUT2D eigenvalue weighted by atomic mass is 32.1. The van der Waals surface area contributed by atoms with E-state index in [1.54, 1.807) is 11.3 Å². The molecule has 0 bridgehead atoms. The Balaban J connectivity index is 0.00000109. The molecule has 2 N–H and O–H groups in total. The first kappa shape index (κ1) is 20.0. The fraction of sp³-hybridized carbons (Fsp3) is 0.550. The van der Waals surface area contributed by atoms with Crippen molar-refractivity contribution in [2.75, 3.05) is 19.6 Å². The number of thiazole rings is 1. The zero-order chi connectivity index (χ0) is 18.1. The van der Waals surface area contributed by atoms with Crippen molar-refractivity contribution in [2.24, 2.45) is 5.73 Å². The minimum absolute atomic E-state index is 0.303. The van der Waals surface area contributed by atoms with Crippen LogP contribution in [0.15, 0.2) is 35.8 Å². The quantitative estimate of drug-likeness (QED) is 0.839. The van der Waals surface area contributed by atoms with Crippen LogP contribution in [0.5, 0.6) is 0 Å². The van der Waals surface area contributed by atoms with Gasteiger partial charge in [-0.3, -0.25) is 4.90 Å². The molecule has 0 aliphatic carbocycles. The lowest BCUT2D eigenvalue weighted by atomic mass is 10.0. The van der Waals surface area contributed by atoms with Gasteiger partial charge in [0.25, 0.3) is 0 Å². The molecule has 5 heteroatoms. The second-order valence-corrected chi connectivity index (χ2v) is 6.97. The molecule has 25 heavy (non-hydrogen) atoms. The van der Waals surface area contributed by atoms with Crippen LogP contribution in [0.4, 0.5) is 0 Å². The monoisotopic (exact) mass is 361 g/mol. The molecule has 138 valence electrons. The van der Waals surface area contributed by atoms with Gasteiger partial charge in [-0.05, 0) is 25.3 Å². The third kappa shape index (κ3) is 5.61. The van der Waals surface area contributed by atoms with Gasteiger partial charge in [0.1, 0.15) is 0 Å². The Morgan fingerprint density at radius 2 is 1.92 bits per heavy atom. The highest BCUT2D eigenvalue weighted by molar-refractivity contribution is 7.09. The zero-order valence-corrected chi connectivity index (χ0v) is 16.5. The van der Waals surface area contributed by atoms with Crippen LogP contribution in [0.25, 0.3) is 0 Å². The van der Waals surface area contributed by atoms with E-state index in [1.165, 1.54) is 10.4 Å². The number of likely N-dealkylation sites (tertiary alicyclic amines) is 1. The number of rotatable bonds is 6. The van der Waals surface area contributed by atoms with Crippen molar-refractivity contribution in [1.82, 2.24) is 9.88 Å². The molecule has 1 aliphatic rings. The second kappa shape index (κ2) is 10.7. The molecule has 0 spiro atoms. The molecule has 3 rings (SSSR count). The van der Waals surface area contributed by atoms with Gasteiger partial charge in [-0.1, -0.05) is 44.2 Å². The molecular formula is C20H31N3OS. The van der Waals surface area contributed by atoms with Crippen molar-refractivity contribution in [1.29, 1.82) is 0 Å². The highest BCUT2D eigenvalue weighted by Gasteiger charge is 2.27. The summed E-state index contributed by atoms with van der Waals surface area (Å²) in [6.07, 6.45) is 2.50. The van der Waals surface area contributed by atoms with Gasteiger partial charge in [-0.15, -0.1) is 11.3 Å². The van der Waals surface area contributed by atoms with Crippen molar-refractivity contribution < 1.29 is 4.74 Å². The molecule has 1 unspecified atom stereocenters. The number of benzene rings is 1. The summed E-state index contributed by atoms with van der Waals surface area (Å²) in [4.78, 5) is 8.17. The average molecular weight is 362 g/mol. The molecule has 2 heterocycles. The SMILES string of the molecule is CC.Cc1ncsc1C(CN)N1CCC(OCc2ccccc2)CC1. The van der Waals surface area contributed by atoms with Crippen LogP contribution in [0, 0.1) is 6.92 Å². The smallest absolute Gasteiger partial charge is 0.0798 e. The number of ether oxygens (including phenoxy) is 1. The highest BCUT2D eigenvalue weighted by Crippen LogP contribution is 2.29. The maximum atomic E-state index is 6.08. The molecule has 2 aromatic rings. The molecule has 0 saturated carbocycles. The molecule has 1 aromatic heterocycles. The summed E-state index contributed by atoms with van der Waals surface area (Å²) in [5, 5.41) is 0. The van der Waals surface area contributed by atoms with Crippen LogP contribution in [-0.2, 0) is 11.3 Å². The standard InChI is InChI=1S/C18H25N3OS.C2H6/c1-14-18(23-13-20-14)17(11-19)21-9-7-16(8-10-21)22-12-15-5-3-2-4-6-15;1-2/h2-6,13,16-17H,7-12,19H2,1H3;1-2H3. The van der Waals surface area contributed by atoms with E-state index in [1.807, 2.05) is 25.4 Å². The Kier molecular flexibility index (Phi) is 8.55. The minimum atomic E-state index is 0.303. The molecule has 1 aliphatic heterocycles. The third-order valence-electron chi connectivity index (χ3n) is 4.55. The summed E-state index contributed by atoms with van der Waals surface area (Å²) in [7, 11) is 0. The number of hydrogen-bond donors (Lipinski definition) is 1. The molecule has 0 amide bonds. The molecule has 0 radical (unpaired) electrons. The van der Waals surface area contributed by atoms with Gasteiger partial charge in [0.05, 0.1) is 30.0 Å². The summed E-state index contributed by atoms with van der Waals surface area (Å²) in [5.74, 6) is 0. The Morgan fingerprint density at radius 1 is 1.24 bits per heavy atom. The lowest BCUT2D eigenvalue weighted by Gasteiger charge is -2.36. The zero-order valence-electron chi connectivity index (χ0n) is 15.6. The minimum Gasteiger partial charge on any atom is -0.373 e. The second-order valence-electron chi connectivity index (χ2n) is 6.09. The topological polar surface area (TPSA) is 51.4 Å². The number of aryl methyl sites for hydroxylation is 1. The number of hydrogen-bond acceptors (Lipinski definition) is 5. The lowest BCUT2D eigenvalue weighted by molar-refractivity contribution is -0.0104. The summed E-state index contributed by atoms with van der Waals surface area (Å²) in [5.41, 5.74) is 10.3. The number of nitrogens with zero attached hydrogens (tertiary/aromatic N) is 2. The fourth-order valence-corrected chi connectivity index (χ4v) is 4.15. The maximum Gasteiger partial charge on any atom is 0.0798 e. The van der Waals surface area contributed by atoms with Gasteiger partial charge in [0, 0.05) is 24.5 Å². The van der Waals surface area contributed by atoms with E-state index in [-0.39, 0.29) is 0 Å². The van der Waals surface area contributed by atoms with E-state index in [0.29, 0.717) is 25.3 Å². The Labute approximate surface area is 156 Å². The first-order chi connectivity index (χ1) is 12.3. The normalized spacial score (nSPS) is 17.0. The van der Waals surface area contributed by atoms with Crippen LogP contribution in [-0.4, -0.2) is 35.6 Å². The van der Waals surface area contributed by atoms with Crippen molar-refractivity contribution in [2.45, 2.75) is 52.4 Å². The van der Waals surface area contributed by atoms with Gasteiger partial charge in [0.2, 0.25) is 0 Å². The van der Waals surface area contributed by atoms with Gasteiger partial charge in [0.15, 0.2) is 0 Å². The van der Waals surface area contributed by atoms with Crippen LogP contribution < -0.4 is 5.73 Å². The third-order valence-corrected chi connectivity index (χ3v) is 5.59. The van der Waals surface area contributed by atoms with E-state index in [0.717, 1.165) is 31.6 Å². The van der Waals surface area contributed by atoms with Crippen LogP contribution in [0.2, 0.25) is 0 Å². The van der Waals surface area contributed by atoms with Gasteiger partial charge in [-0.25, -0.2) is 4.98 Å². The summed E-state index contributed by atoms with van der Waals surface area (Å²) < 4.78 is 6.08. The van der Waals surface area contributed by atoms with Gasteiger partial charge in [-0.2, -0.15) is 0 Å². The number of nitrogens with two attached hydrogens (primary N) is 1. The van der Waals surface area contributed by atoms with Gasteiger partial charge < -0.3 is 10.5 Å². The van der Waals surface area contributed by atoms with Crippen LogP contribution >= 0.6 is 11.3 Å². The molecule has 1 aromatic carbocycles. The van der Waals surface area contributed by atoms with Crippen molar-refractivity contribution in [3.8, 4) is 0 Å². The molecular weight excluding hydrogens is 330 g/mol. The Morgan fingerprint density at radius 3 is 2.48 bits per heavy atom. The van der Waals surface area contributed by atoms with Crippen LogP contribution in [0.3, 0.4) is 0 Å². The predicted molar refractivity (Wildman–Crippen MR) is 106 cm³/mol.